The van der Waals surface area contributed by atoms with Gasteiger partial charge in [-0.3, -0.25) is 4.79 Å². The fourth-order valence-electron chi connectivity index (χ4n) is 4.18. The minimum atomic E-state index is -3.91. The van der Waals surface area contributed by atoms with Crippen molar-refractivity contribution in [1.82, 2.24) is 9.29 Å². The number of aromatic amines is 1. The Morgan fingerprint density at radius 2 is 1.62 bits per heavy atom. The van der Waals surface area contributed by atoms with Crippen LogP contribution in [0.4, 0.5) is 0 Å². The van der Waals surface area contributed by atoms with Crippen LogP contribution in [0.2, 0.25) is 0 Å². The minimum absolute atomic E-state index is 0.0212. The van der Waals surface area contributed by atoms with Crippen LogP contribution in [-0.2, 0) is 23.1 Å². The highest BCUT2D eigenvalue weighted by molar-refractivity contribution is 7.89. The average Bonchev–Trinajstić information content (AvgIpc) is 3.20. The predicted molar refractivity (Wildman–Crippen MR) is 125 cm³/mol. The molecule has 1 N–H and O–H groups in total. The zero-order valence-corrected chi connectivity index (χ0v) is 19.4. The van der Waals surface area contributed by atoms with E-state index in [0.29, 0.717) is 22.5 Å². The van der Waals surface area contributed by atoms with Gasteiger partial charge in [0.05, 0.1) is 17.7 Å². The molecule has 0 amide bonds. The number of fused-ring (bicyclic) bond motifs is 1. The van der Waals surface area contributed by atoms with E-state index in [1.807, 2.05) is 44.2 Å². The Labute approximate surface area is 187 Å². The second-order valence-corrected chi connectivity index (χ2v) is 10.2. The molecule has 2 aromatic heterocycles. The number of pyridine rings is 1. The highest BCUT2D eigenvalue weighted by atomic mass is 32.2. The SMILES string of the molecule is Cc1cc(C)c(S(=O)(=O)N(Cc2ccco2)Cc2cc3cc(C)ccc3[nH]c2=O)c(C)c1. The Morgan fingerprint density at radius 3 is 2.28 bits per heavy atom. The van der Waals surface area contributed by atoms with Gasteiger partial charge in [-0.25, -0.2) is 8.42 Å². The van der Waals surface area contributed by atoms with Crippen molar-refractivity contribution in [3.8, 4) is 0 Å². The molecule has 2 aromatic carbocycles. The fourth-order valence-corrected chi connectivity index (χ4v) is 5.98. The van der Waals surface area contributed by atoms with E-state index in [0.717, 1.165) is 22.0 Å². The molecule has 0 aliphatic heterocycles. The summed E-state index contributed by atoms with van der Waals surface area (Å²) in [6.07, 6.45) is 1.51. The van der Waals surface area contributed by atoms with Crippen LogP contribution in [0.15, 0.2) is 68.9 Å². The molecule has 2 heterocycles. The second-order valence-electron chi connectivity index (χ2n) is 8.29. The van der Waals surface area contributed by atoms with Crippen molar-refractivity contribution in [3.63, 3.8) is 0 Å². The van der Waals surface area contributed by atoms with Crippen LogP contribution in [0.3, 0.4) is 0 Å². The molecule has 0 spiro atoms. The van der Waals surface area contributed by atoms with Crippen LogP contribution in [-0.4, -0.2) is 17.7 Å². The first-order valence-corrected chi connectivity index (χ1v) is 11.8. The van der Waals surface area contributed by atoms with Crippen molar-refractivity contribution in [3.05, 3.63) is 98.7 Å². The van der Waals surface area contributed by atoms with Gasteiger partial charge in [-0.2, -0.15) is 4.31 Å². The summed E-state index contributed by atoms with van der Waals surface area (Å²) in [6.45, 7) is 7.45. The van der Waals surface area contributed by atoms with Crippen molar-refractivity contribution < 1.29 is 12.8 Å². The molecule has 0 radical (unpaired) electrons. The molecule has 0 aliphatic carbocycles. The van der Waals surface area contributed by atoms with E-state index >= 15 is 0 Å². The quantitative estimate of drug-likeness (QED) is 0.460. The van der Waals surface area contributed by atoms with Gasteiger partial charge < -0.3 is 9.40 Å². The van der Waals surface area contributed by atoms with Gasteiger partial charge in [-0.1, -0.05) is 29.3 Å². The first kappa shape index (κ1) is 22.0. The van der Waals surface area contributed by atoms with E-state index in [-0.39, 0.29) is 23.5 Å². The Hall–Kier alpha value is -3.16. The van der Waals surface area contributed by atoms with E-state index in [1.165, 1.54) is 10.6 Å². The lowest BCUT2D eigenvalue weighted by Gasteiger charge is -2.24. The lowest BCUT2D eigenvalue weighted by molar-refractivity contribution is 0.357. The van der Waals surface area contributed by atoms with Gasteiger partial charge in [-0.15, -0.1) is 0 Å². The highest BCUT2D eigenvalue weighted by Gasteiger charge is 2.29. The summed E-state index contributed by atoms with van der Waals surface area (Å²) in [5, 5.41) is 0.859. The summed E-state index contributed by atoms with van der Waals surface area (Å²) in [5.41, 5.74) is 4.19. The van der Waals surface area contributed by atoms with E-state index in [2.05, 4.69) is 4.98 Å². The number of aryl methyl sites for hydroxylation is 4. The normalized spacial score (nSPS) is 12.0. The highest BCUT2D eigenvalue weighted by Crippen LogP contribution is 2.28. The maximum absolute atomic E-state index is 13.8. The lowest BCUT2D eigenvalue weighted by atomic mass is 10.1. The number of nitrogens with zero attached hydrogens (tertiary/aromatic N) is 1. The smallest absolute Gasteiger partial charge is 0.252 e. The van der Waals surface area contributed by atoms with Gasteiger partial charge in [0, 0.05) is 17.6 Å². The maximum Gasteiger partial charge on any atom is 0.252 e. The minimum Gasteiger partial charge on any atom is -0.468 e. The predicted octanol–water partition coefficient (Wildman–Crippen LogP) is 4.75. The Bertz CT molecular complexity index is 1430. The molecule has 0 bridgehead atoms. The Balaban J connectivity index is 1.83. The van der Waals surface area contributed by atoms with Crippen LogP contribution < -0.4 is 5.56 Å². The number of rotatable bonds is 6. The molecule has 32 heavy (non-hydrogen) atoms. The monoisotopic (exact) mass is 450 g/mol. The summed E-state index contributed by atoms with van der Waals surface area (Å²) < 4.78 is 34.4. The van der Waals surface area contributed by atoms with Gasteiger partial charge in [0.15, 0.2) is 0 Å². The molecule has 0 saturated heterocycles. The number of sulfonamides is 1. The summed E-state index contributed by atoms with van der Waals surface area (Å²) in [6, 6.07) is 14.7. The van der Waals surface area contributed by atoms with Crippen molar-refractivity contribution in [2.75, 3.05) is 0 Å². The molecule has 166 valence electrons. The number of benzene rings is 2. The number of H-pyrrole nitrogens is 1. The molecule has 0 saturated carbocycles. The second kappa shape index (κ2) is 8.41. The molecule has 7 heteroatoms. The maximum atomic E-state index is 13.8. The van der Waals surface area contributed by atoms with Crippen molar-refractivity contribution in [1.29, 1.82) is 0 Å². The van der Waals surface area contributed by atoms with Crippen molar-refractivity contribution >= 4 is 20.9 Å². The van der Waals surface area contributed by atoms with Gasteiger partial charge in [0.2, 0.25) is 10.0 Å². The Morgan fingerprint density at radius 1 is 0.906 bits per heavy atom. The van der Waals surface area contributed by atoms with Crippen molar-refractivity contribution in [2.24, 2.45) is 0 Å². The standard InChI is InChI=1S/C25H26N2O4S/c1-16-7-8-23-20(12-16)13-21(25(28)26-23)14-27(15-22-6-5-9-31-22)32(29,30)24-18(3)10-17(2)11-19(24)4/h5-13H,14-15H2,1-4H3,(H,26,28). The molecule has 0 aliphatic rings. The first-order valence-electron chi connectivity index (χ1n) is 10.4. The topological polar surface area (TPSA) is 83.4 Å². The first-order chi connectivity index (χ1) is 15.1. The summed E-state index contributed by atoms with van der Waals surface area (Å²) in [7, 11) is -3.91. The molecule has 0 unspecified atom stereocenters. The Kier molecular flexibility index (Phi) is 5.79. The fraction of sp³-hybridized carbons (Fsp3) is 0.240. The number of furan rings is 1. The third kappa shape index (κ3) is 4.26. The van der Waals surface area contributed by atoms with Crippen molar-refractivity contribution in [2.45, 2.75) is 45.7 Å². The van der Waals surface area contributed by atoms with Crippen LogP contribution in [0.25, 0.3) is 10.9 Å². The number of aromatic nitrogens is 1. The lowest BCUT2D eigenvalue weighted by Crippen LogP contribution is -2.33. The molecular weight excluding hydrogens is 424 g/mol. The van der Waals surface area contributed by atoms with Gasteiger partial charge >= 0.3 is 0 Å². The zero-order chi connectivity index (χ0) is 23.0. The van der Waals surface area contributed by atoms with Crippen LogP contribution in [0, 0.1) is 27.7 Å². The number of nitrogens with one attached hydrogen (secondary N) is 1. The summed E-state index contributed by atoms with van der Waals surface area (Å²) in [4.78, 5) is 15.9. The van der Waals surface area contributed by atoms with Crippen LogP contribution in [0.1, 0.15) is 33.6 Å². The van der Waals surface area contributed by atoms with Gasteiger partial charge in [0.1, 0.15) is 5.76 Å². The summed E-state index contributed by atoms with van der Waals surface area (Å²) >= 11 is 0. The third-order valence-electron chi connectivity index (χ3n) is 5.54. The number of hydrogen-bond acceptors (Lipinski definition) is 4. The summed E-state index contributed by atoms with van der Waals surface area (Å²) in [5.74, 6) is 0.504. The van der Waals surface area contributed by atoms with E-state index in [9.17, 15) is 13.2 Å². The van der Waals surface area contributed by atoms with E-state index in [4.69, 9.17) is 4.42 Å². The van der Waals surface area contributed by atoms with E-state index < -0.39 is 10.0 Å². The molecule has 6 nitrogen and oxygen atoms in total. The molecular formula is C25H26N2O4S. The molecule has 4 aromatic rings. The van der Waals surface area contributed by atoms with Gasteiger partial charge in [-0.05, 0) is 74.5 Å². The number of hydrogen-bond donors (Lipinski definition) is 1. The van der Waals surface area contributed by atoms with Gasteiger partial charge in [0.25, 0.3) is 5.56 Å². The molecule has 0 fully saturated rings. The third-order valence-corrected chi connectivity index (χ3v) is 7.64. The largest absolute Gasteiger partial charge is 0.468 e. The average molecular weight is 451 g/mol. The van der Waals surface area contributed by atoms with E-state index in [1.54, 1.807) is 32.0 Å². The van der Waals surface area contributed by atoms with Crippen LogP contribution >= 0.6 is 0 Å². The zero-order valence-electron chi connectivity index (χ0n) is 18.6. The molecule has 4 rings (SSSR count). The van der Waals surface area contributed by atoms with Crippen LogP contribution in [0.5, 0.6) is 0 Å². The molecule has 0 atom stereocenters.